The summed E-state index contributed by atoms with van der Waals surface area (Å²) in [6, 6.07) is 17.8. The van der Waals surface area contributed by atoms with Gasteiger partial charge in [0.1, 0.15) is 0 Å². The van der Waals surface area contributed by atoms with Crippen molar-refractivity contribution < 1.29 is 20.1 Å². The second-order valence-electron chi connectivity index (χ2n) is 3.99. The SMILES string of the molecule is Cc1ccccc1.O=C(c1ccccc1)C(O)(O)O. The lowest BCUT2D eigenvalue weighted by Crippen LogP contribution is -2.37. The molecule has 0 radical (unpaired) electrons. The van der Waals surface area contributed by atoms with Gasteiger partial charge in [0.15, 0.2) is 0 Å². The summed E-state index contributed by atoms with van der Waals surface area (Å²) in [5, 5.41) is 25.5. The molecule has 19 heavy (non-hydrogen) atoms. The van der Waals surface area contributed by atoms with Crippen LogP contribution in [0.4, 0.5) is 0 Å². The summed E-state index contributed by atoms with van der Waals surface area (Å²) in [4.78, 5) is 10.9. The van der Waals surface area contributed by atoms with Gasteiger partial charge in [-0.1, -0.05) is 66.2 Å². The smallest absolute Gasteiger partial charge is 0.337 e. The summed E-state index contributed by atoms with van der Waals surface area (Å²) in [6.45, 7) is 2.08. The fourth-order valence-electron chi connectivity index (χ4n) is 1.32. The quantitative estimate of drug-likeness (QED) is 0.565. The molecule has 4 heteroatoms. The molecule has 3 N–H and O–H groups in total. The van der Waals surface area contributed by atoms with Gasteiger partial charge in [-0.05, 0) is 6.92 Å². The monoisotopic (exact) mass is 260 g/mol. The molecule has 0 aromatic heterocycles. The van der Waals surface area contributed by atoms with Crippen molar-refractivity contribution in [2.45, 2.75) is 12.9 Å². The van der Waals surface area contributed by atoms with E-state index in [0.717, 1.165) is 0 Å². The molecule has 0 spiro atoms. The van der Waals surface area contributed by atoms with Gasteiger partial charge in [-0.25, -0.2) is 0 Å². The number of aryl methyl sites for hydroxylation is 1. The average Bonchev–Trinajstić information content (AvgIpc) is 2.39. The van der Waals surface area contributed by atoms with E-state index in [2.05, 4.69) is 19.1 Å². The fraction of sp³-hybridized carbons (Fsp3) is 0.133. The van der Waals surface area contributed by atoms with E-state index in [1.165, 1.54) is 17.7 Å². The van der Waals surface area contributed by atoms with Crippen LogP contribution in [0.5, 0.6) is 0 Å². The highest BCUT2D eigenvalue weighted by atomic mass is 16.7. The standard InChI is InChI=1S/C8H8O4.C7H8/c9-7(8(10,11)12)6-4-2-1-3-5-6;1-7-5-3-2-4-6-7/h1-5,10-12H;2-6H,1H3. The maximum atomic E-state index is 10.9. The van der Waals surface area contributed by atoms with E-state index < -0.39 is 11.8 Å². The first-order valence-corrected chi connectivity index (χ1v) is 5.70. The van der Waals surface area contributed by atoms with E-state index in [-0.39, 0.29) is 5.56 Å². The van der Waals surface area contributed by atoms with Crippen molar-refractivity contribution in [2.24, 2.45) is 0 Å². The van der Waals surface area contributed by atoms with Gasteiger partial charge < -0.3 is 15.3 Å². The fourth-order valence-corrected chi connectivity index (χ4v) is 1.32. The number of hydrogen-bond acceptors (Lipinski definition) is 4. The lowest BCUT2D eigenvalue weighted by Gasteiger charge is -2.11. The lowest BCUT2D eigenvalue weighted by atomic mass is 10.1. The zero-order valence-electron chi connectivity index (χ0n) is 10.5. The molecule has 0 atom stereocenters. The summed E-state index contributed by atoms with van der Waals surface area (Å²) in [5.41, 5.74) is 1.37. The van der Waals surface area contributed by atoms with Crippen molar-refractivity contribution in [1.29, 1.82) is 0 Å². The Hall–Kier alpha value is -2.01. The Morgan fingerprint density at radius 1 is 0.842 bits per heavy atom. The van der Waals surface area contributed by atoms with Crippen LogP contribution in [-0.2, 0) is 0 Å². The molecule has 0 heterocycles. The molecule has 0 fully saturated rings. The summed E-state index contributed by atoms with van der Waals surface area (Å²) in [7, 11) is 0. The average molecular weight is 260 g/mol. The van der Waals surface area contributed by atoms with E-state index >= 15 is 0 Å². The summed E-state index contributed by atoms with van der Waals surface area (Å²) in [5.74, 6) is -4.41. The normalized spacial score (nSPS) is 10.3. The summed E-state index contributed by atoms with van der Waals surface area (Å²) >= 11 is 0. The Morgan fingerprint density at radius 2 is 1.26 bits per heavy atom. The second-order valence-corrected chi connectivity index (χ2v) is 3.99. The van der Waals surface area contributed by atoms with Crippen LogP contribution in [0.3, 0.4) is 0 Å². The van der Waals surface area contributed by atoms with E-state index in [9.17, 15) is 4.79 Å². The first-order valence-electron chi connectivity index (χ1n) is 5.70. The number of aliphatic hydroxyl groups is 3. The zero-order chi connectivity index (χ0) is 14.3. The van der Waals surface area contributed by atoms with E-state index in [0.29, 0.717) is 0 Å². The van der Waals surface area contributed by atoms with Crippen LogP contribution in [0.15, 0.2) is 60.7 Å². The molecule has 2 aromatic carbocycles. The molecule has 0 aliphatic heterocycles. The van der Waals surface area contributed by atoms with Gasteiger partial charge in [0, 0.05) is 5.56 Å². The number of carbonyl (C=O) groups is 1. The van der Waals surface area contributed by atoms with Gasteiger partial charge >= 0.3 is 5.97 Å². The number of benzene rings is 2. The maximum Gasteiger partial charge on any atom is 0.344 e. The third kappa shape index (κ3) is 5.44. The lowest BCUT2D eigenvalue weighted by molar-refractivity contribution is -0.267. The number of hydrogen-bond donors (Lipinski definition) is 3. The number of Topliss-reactive ketones (excluding diaryl/α,β-unsaturated/α-hetero) is 1. The molecule has 0 saturated carbocycles. The molecule has 0 unspecified atom stereocenters. The van der Waals surface area contributed by atoms with Crippen molar-refractivity contribution in [2.75, 3.05) is 0 Å². The van der Waals surface area contributed by atoms with Gasteiger partial charge in [0.2, 0.25) is 0 Å². The van der Waals surface area contributed by atoms with Crippen LogP contribution in [0.1, 0.15) is 15.9 Å². The Labute approximate surface area is 111 Å². The highest BCUT2D eigenvalue weighted by Crippen LogP contribution is 2.07. The van der Waals surface area contributed by atoms with E-state index in [1.54, 1.807) is 18.2 Å². The number of carbonyl (C=O) groups excluding carboxylic acids is 1. The molecule has 2 aromatic rings. The molecule has 0 amide bonds. The highest BCUT2D eigenvalue weighted by molar-refractivity contribution is 5.99. The number of ketones is 1. The summed E-state index contributed by atoms with van der Waals surface area (Å²) in [6.07, 6.45) is 0. The molecule has 0 aliphatic carbocycles. The van der Waals surface area contributed by atoms with Crippen LogP contribution >= 0.6 is 0 Å². The topological polar surface area (TPSA) is 77.8 Å². The van der Waals surface area contributed by atoms with Gasteiger partial charge in [0.05, 0.1) is 0 Å². The van der Waals surface area contributed by atoms with Gasteiger partial charge in [-0.15, -0.1) is 0 Å². The third-order valence-electron chi connectivity index (χ3n) is 2.28. The van der Waals surface area contributed by atoms with E-state index in [4.69, 9.17) is 15.3 Å². The van der Waals surface area contributed by atoms with Gasteiger partial charge in [-0.2, -0.15) is 0 Å². The van der Waals surface area contributed by atoms with Crippen LogP contribution in [0.2, 0.25) is 0 Å². The third-order valence-corrected chi connectivity index (χ3v) is 2.28. The largest absolute Gasteiger partial charge is 0.344 e. The Balaban J connectivity index is 0.000000218. The highest BCUT2D eigenvalue weighted by Gasteiger charge is 2.30. The van der Waals surface area contributed by atoms with Crippen LogP contribution in [-0.4, -0.2) is 27.1 Å². The molecule has 100 valence electrons. The molecular weight excluding hydrogens is 244 g/mol. The molecule has 0 aliphatic rings. The van der Waals surface area contributed by atoms with Crippen LogP contribution in [0, 0.1) is 6.92 Å². The predicted octanol–water partition coefficient (Wildman–Crippen LogP) is 1.50. The molecule has 0 bridgehead atoms. The van der Waals surface area contributed by atoms with Gasteiger partial charge in [0.25, 0.3) is 5.78 Å². The van der Waals surface area contributed by atoms with Crippen LogP contribution in [0.25, 0.3) is 0 Å². The minimum Gasteiger partial charge on any atom is -0.337 e. The van der Waals surface area contributed by atoms with Crippen LogP contribution < -0.4 is 0 Å². The van der Waals surface area contributed by atoms with Crippen molar-refractivity contribution in [3.05, 3.63) is 71.8 Å². The zero-order valence-corrected chi connectivity index (χ0v) is 10.5. The van der Waals surface area contributed by atoms with Crippen molar-refractivity contribution in [3.63, 3.8) is 0 Å². The first-order chi connectivity index (χ1) is 8.91. The molecule has 4 nitrogen and oxygen atoms in total. The predicted molar refractivity (Wildman–Crippen MR) is 71.3 cm³/mol. The molecule has 2 rings (SSSR count). The van der Waals surface area contributed by atoms with Crippen molar-refractivity contribution in [3.8, 4) is 0 Å². The maximum absolute atomic E-state index is 10.9. The van der Waals surface area contributed by atoms with Crippen molar-refractivity contribution >= 4 is 5.78 Å². The van der Waals surface area contributed by atoms with Gasteiger partial charge in [-0.3, -0.25) is 4.79 Å². The Morgan fingerprint density at radius 3 is 1.58 bits per heavy atom. The van der Waals surface area contributed by atoms with E-state index in [1.807, 2.05) is 18.2 Å². The first kappa shape index (κ1) is 15.0. The minimum atomic E-state index is -3.28. The number of rotatable bonds is 2. The molecule has 0 saturated heterocycles. The summed E-state index contributed by atoms with van der Waals surface area (Å²) < 4.78 is 0. The minimum absolute atomic E-state index is 0.0463. The Bertz CT molecular complexity index is 501. The van der Waals surface area contributed by atoms with Crippen molar-refractivity contribution in [1.82, 2.24) is 0 Å². The molecular formula is C15H16O4. The Kier molecular flexibility index (Phi) is 5.38. The second kappa shape index (κ2) is 6.80.